The lowest BCUT2D eigenvalue weighted by Crippen LogP contribution is -2.26. The summed E-state index contributed by atoms with van der Waals surface area (Å²) >= 11 is 0. The largest absolute Gasteiger partial charge is 0.380 e. The molecule has 0 amide bonds. The molecule has 3 nitrogen and oxygen atoms in total. The van der Waals surface area contributed by atoms with E-state index in [4.69, 9.17) is 4.74 Å². The number of nitrogens with one attached hydrogen (secondary N) is 1. The van der Waals surface area contributed by atoms with Gasteiger partial charge in [0.25, 0.3) is 0 Å². The summed E-state index contributed by atoms with van der Waals surface area (Å²) < 4.78 is 5.15. The predicted molar refractivity (Wildman–Crippen MR) is 48.5 cm³/mol. The van der Waals surface area contributed by atoms with Crippen LogP contribution < -0.4 is 0 Å². The molecule has 3 rings (SSSR count). The summed E-state index contributed by atoms with van der Waals surface area (Å²) in [5, 5.41) is 1.11. The molecule has 0 unspecified atom stereocenters. The molecule has 13 heavy (non-hydrogen) atoms. The fourth-order valence-corrected chi connectivity index (χ4v) is 1.64. The van der Waals surface area contributed by atoms with E-state index in [1.165, 1.54) is 0 Å². The zero-order valence-corrected chi connectivity index (χ0v) is 7.08. The van der Waals surface area contributed by atoms with E-state index in [0.717, 1.165) is 29.8 Å². The SMILES string of the molecule is [c]1c[nH]c2ccnc(C3COC3)c12. The van der Waals surface area contributed by atoms with Crippen LogP contribution in [0.2, 0.25) is 0 Å². The predicted octanol–water partition coefficient (Wildman–Crippen LogP) is 1.48. The quantitative estimate of drug-likeness (QED) is 0.709. The lowest BCUT2D eigenvalue weighted by molar-refractivity contribution is 0.00735. The van der Waals surface area contributed by atoms with Crippen LogP contribution >= 0.6 is 0 Å². The summed E-state index contributed by atoms with van der Waals surface area (Å²) in [5.41, 5.74) is 2.22. The Morgan fingerprint density at radius 1 is 1.54 bits per heavy atom. The summed E-state index contributed by atoms with van der Waals surface area (Å²) in [6, 6.07) is 5.13. The van der Waals surface area contributed by atoms with Crippen molar-refractivity contribution in [2.75, 3.05) is 13.2 Å². The summed E-state index contributed by atoms with van der Waals surface area (Å²) in [7, 11) is 0. The van der Waals surface area contributed by atoms with Crippen LogP contribution in [0, 0.1) is 6.07 Å². The number of fused-ring (bicyclic) bond motifs is 1. The molecule has 3 heteroatoms. The van der Waals surface area contributed by atoms with Gasteiger partial charge in [-0.1, -0.05) is 0 Å². The van der Waals surface area contributed by atoms with Crippen molar-refractivity contribution >= 4 is 10.9 Å². The summed E-state index contributed by atoms with van der Waals surface area (Å²) in [6.45, 7) is 1.59. The van der Waals surface area contributed by atoms with Crippen molar-refractivity contribution in [1.82, 2.24) is 9.97 Å². The average molecular weight is 173 g/mol. The lowest BCUT2D eigenvalue weighted by Gasteiger charge is -2.25. The Hall–Kier alpha value is -1.35. The van der Waals surface area contributed by atoms with Crippen molar-refractivity contribution in [3.8, 4) is 0 Å². The van der Waals surface area contributed by atoms with Crippen LogP contribution in [0.3, 0.4) is 0 Å². The van der Waals surface area contributed by atoms with Crippen LogP contribution in [0.1, 0.15) is 11.6 Å². The molecule has 1 saturated heterocycles. The molecular weight excluding hydrogens is 164 g/mol. The van der Waals surface area contributed by atoms with Crippen molar-refractivity contribution in [2.45, 2.75) is 5.92 Å². The Bertz CT molecular complexity index is 431. The van der Waals surface area contributed by atoms with Gasteiger partial charge in [0.2, 0.25) is 0 Å². The number of pyridine rings is 1. The second-order valence-corrected chi connectivity index (χ2v) is 3.29. The van der Waals surface area contributed by atoms with Crippen molar-refractivity contribution in [1.29, 1.82) is 0 Å². The van der Waals surface area contributed by atoms with Crippen molar-refractivity contribution in [2.24, 2.45) is 0 Å². The highest BCUT2D eigenvalue weighted by molar-refractivity contribution is 5.81. The molecule has 1 aliphatic rings. The monoisotopic (exact) mass is 173 g/mol. The van der Waals surface area contributed by atoms with Gasteiger partial charge < -0.3 is 9.72 Å². The summed E-state index contributed by atoms with van der Waals surface area (Å²) in [6.07, 6.45) is 3.66. The molecule has 0 bridgehead atoms. The maximum Gasteiger partial charge on any atom is 0.0580 e. The summed E-state index contributed by atoms with van der Waals surface area (Å²) in [5.74, 6) is 0.468. The first-order valence-electron chi connectivity index (χ1n) is 4.36. The molecule has 0 spiro atoms. The average Bonchev–Trinajstić information content (AvgIpc) is 2.49. The lowest BCUT2D eigenvalue weighted by atomic mass is 10.0. The second kappa shape index (κ2) is 2.57. The van der Waals surface area contributed by atoms with Gasteiger partial charge in [-0.25, -0.2) is 0 Å². The molecule has 1 fully saturated rings. The van der Waals surface area contributed by atoms with E-state index in [9.17, 15) is 0 Å². The molecule has 3 heterocycles. The number of aromatic nitrogens is 2. The smallest absolute Gasteiger partial charge is 0.0580 e. The molecule has 1 radical (unpaired) electrons. The molecule has 65 valence electrons. The number of nitrogens with zero attached hydrogens (tertiary/aromatic N) is 1. The molecular formula is C10H9N2O. The molecule has 1 N–H and O–H groups in total. The third kappa shape index (κ3) is 0.971. The van der Waals surface area contributed by atoms with Crippen LogP contribution in [-0.4, -0.2) is 23.2 Å². The topological polar surface area (TPSA) is 37.9 Å². The van der Waals surface area contributed by atoms with Crippen molar-refractivity contribution in [3.63, 3.8) is 0 Å². The van der Waals surface area contributed by atoms with Gasteiger partial charge in [-0.3, -0.25) is 4.98 Å². The van der Waals surface area contributed by atoms with Crippen LogP contribution in [-0.2, 0) is 4.74 Å². The molecule has 2 aromatic rings. The van der Waals surface area contributed by atoms with E-state index < -0.39 is 0 Å². The standard InChI is InChI=1S/C10H9N2O/c1-3-11-9-2-4-12-10(8(1)9)7-5-13-6-7/h2-4,7,11H,5-6H2. The zero-order chi connectivity index (χ0) is 8.67. The Labute approximate surface area is 75.7 Å². The van der Waals surface area contributed by atoms with Crippen LogP contribution in [0.5, 0.6) is 0 Å². The van der Waals surface area contributed by atoms with Gasteiger partial charge in [0.05, 0.1) is 18.9 Å². The first kappa shape index (κ1) is 7.09. The molecule has 0 aliphatic carbocycles. The molecule has 0 atom stereocenters. The Balaban J connectivity index is 2.20. The van der Waals surface area contributed by atoms with E-state index in [1.807, 2.05) is 18.5 Å². The van der Waals surface area contributed by atoms with Gasteiger partial charge in [0, 0.05) is 35.3 Å². The highest BCUT2D eigenvalue weighted by Gasteiger charge is 2.23. The Kier molecular flexibility index (Phi) is 1.40. The maximum atomic E-state index is 5.15. The third-order valence-electron chi connectivity index (χ3n) is 2.45. The molecule has 2 aromatic heterocycles. The minimum Gasteiger partial charge on any atom is -0.380 e. The highest BCUT2D eigenvalue weighted by Crippen LogP contribution is 2.27. The van der Waals surface area contributed by atoms with E-state index >= 15 is 0 Å². The molecule has 0 aromatic carbocycles. The number of H-pyrrole nitrogens is 1. The van der Waals surface area contributed by atoms with Gasteiger partial charge in [-0.2, -0.15) is 0 Å². The number of hydrogen-bond acceptors (Lipinski definition) is 2. The van der Waals surface area contributed by atoms with Gasteiger partial charge in [0.15, 0.2) is 0 Å². The fraction of sp³-hybridized carbons (Fsp3) is 0.300. The normalized spacial score (nSPS) is 17.5. The minimum absolute atomic E-state index is 0.468. The highest BCUT2D eigenvalue weighted by atomic mass is 16.5. The summed E-state index contributed by atoms with van der Waals surface area (Å²) in [4.78, 5) is 7.50. The van der Waals surface area contributed by atoms with Crippen molar-refractivity contribution < 1.29 is 4.74 Å². The van der Waals surface area contributed by atoms with E-state index in [0.29, 0.717) is 5.92 Å². The molecule has 0 saturated carbocycles. The Morgan fingerprint density at radius 3 is 3.23 bits per heavy atom. The van der Waals surface area contributed by atoms with Crippen molar-refractivity contribution in [3.05, 3.63) is 30.2 Å². The Morgan fingerprint density at radius 2 is 2.46 bits per heavy atom. The first-order chi connectivity index (χ1) is 6.45. The van der Waals surface area contributed by atoms with E-state index in [-0.39, 0.29) is 0 Å². The van der Waals surface area contributed by atoms with Gasteiger partial charge >= 0.3 is 0 Å². The van der Waals surface area contributed by atoms with Crippen LogP contribution in [0.4, 0.5) is 0 Å². The first-order valence-corrected chi connectivity index (χ1v) is 4.36. The fourth-order valence-electron chi connectivity index (χ4n) is 1.64. The second-order valence-electron chi connectivity index (χ2n) is 3.29. The third-order valence-corrected chi connectivity index (χ3v) is 2.45. The molecule has 1 aliphatic heterocycles. The van der Waals surface area contributed by atoms with Gasteiger partial charge in [0.1, 0.15) is 0 Å². The van der Waals surface area contributed by atoms with Gasteiger partial charge in [-0.15, -0.1) is 0 Å². The van der Waals surface area contributed by atoms with E-state index in [1.54, 1.807) is 0 Å². The maximum absolute atomic E-state index is 5.15. The number of ether oxygens (including phenoxy) is 1. The number of aromatic amines is 1. The number of rotatable bonds is 1. The van der Waals surface area contributed by atoms with Crippen LogP contribution in [0.25, 0.3) is 10.9 Å². The minimum atomic E-state index is 0.468. The van der Waals surface area contributed by atoms with E-state index in [2.05, 4.69) is 16.0 Å². The van der Waals surface area contributed by atoms with Crippen LogP contribution in [0.15, 0.2) is 18.5 Å². The number of hydrogen-bond donors (Lipinski definition) is 1. The van der Waals surface area contributed by atoms with Gasteiger partial charge in [-0.05, 0) is 6.07 Å². The zero-order valence-electron chi connectivity index (χ0n) is 7.08.